The molecular weight excluding hydrogens is 176 g/mol. The van der Waals surface area contributed by atoms with Crippen molar-refractivity contribution >= 4 is 5.91 Å². The number of amides is 1. The van der Waals surface area contributed by atoms with E-state index in [-0.39, 0.29) is 11.8 Å². The Morgan fingerprint density at radius 3 is 2.64 bits per heavy atom. The molecule has 2 N–H and O–H groups in total. The first kappa shape index (κ1) is 9.97. The Morgan fingerprint density at radius 2 is 2.21 bits per heavy atom. The molecule has 2 fully saturated rings. The average molecular weight is 196 g/mol. The molecule has 0 aromatic heterocycles. The highest BCUT2D eigenvalue weighted by atomic mass is 16.1. The van der Waals surface area contributed by atoms with E-state index in [9.17, 15) is 4.79 Å². The molecule has 1 saturated carbocycles. The SMILES string of the molecule is CC(C(=O)NCC1(C)CC1)C1CNC1. The van der Waals surface area contributed by atoms with Gasteiger partial charge in [0.2, 0.25) is 5.91 Å². The van der Waals surface area contributed by atoms with Gasteiger partial charge in [0.05, 0.1) is 0 Å². The minimum Gasteiger partial charge on any atom is -0.355 e. The van der Waals surface area contributed by atoms with E-state index >= 15 is 0 Å². The van der Waals surface area contributed by atoms with Crippen molar-refractivity contribution in [1.82, 2.24) is 10.6 Å². The molecule has 1 amide bonds. The molecule has 3 nitrogen and oxygen atoms in total. The van der Waals surface area contributed by atoms with Crippen molar-refractivity contribution in [3.63, 3.8) is 0 Å². The Morgan fingerprint density at radius 1 is 1.57 bits per heavy atom. The zero-order chi connectivity index (χ0) is 10.2. The van der Waals surface area contributed by atoms with Crippen LogP contribution in [0.5, 0.6) is 0 Å². The molecule has 2 aliphatic rings. The molecule has 0 bridgehead atoms. The van der Waals surface area contributed by atoms with E-state index in [1.807, 2.05) is 6.92 Å². The summed E-state index contributed by atoms with van der Waals surface area (Å²) >= 11 is 0. The number of carbonyl (C=O) groups is 1. The lowest BCUT2D eigenvalue weighted by atomic mass is 9.88. The lowest BCUT2D eigenvalue weighted by Crippen LogP contribution is -2.50. The van der Waals surface area contributed by atoms with Crippen molar-refractivity contribution in [2.24, 2.45) is 17.3 Å². The molecule has 1 aliphatic heterocycles. The van der Waals surface area contributed by atoms with Gasteiger partial charge in [0.1, 0.15) is 0 Å². The van der Waals surface area contributed by atoms with Crippen molar-refractivity contribution in [2.75, 3.05) is 19.6 Å². The maximum Gasteiger partial charge on any atom is 0.223 e. The van der Waals surface area contributed by atoms with Crippen LogP contribution in [0.1, 0.15) is 26.7 Å². The molecule has 2 rings (SSSR count). The second kappa shape index (κ2) is 3.54. The molecule has 1 unspecified atom stereocenters. The van der Waals surface area contributed by atoms with Crippen LogP contribution in [0.2, 0.25) is 0 Å². The minimum absolute atomic E-state index is 0.179. The number of carbonyl (C=O) groups excluding carboxylic acids is 1. The molecule has 1 atom stereocenters. The van der Waals surface area contributed by atoms with Crippen molar-refractivity contribution in [3.05, 3.63) is 0 Å². The van der Waals surface area contributed by atoms with Gasteiger partial charge in [-0.2, -0.15) is 0 Å². The molecule has 3 heteroatoms. The van der Waals surface area contributed by atoms with Gasteiger partial charge < -0.3 is 10.6 Å². The highest BCUT2D eigenvalue weighted by Crippen LogP contribution is 2.44. The summed E-state index contributed by atoms with van der Waals surface area (Å²) in [5.74, 6) is 0.977. The Labute approximate surface area is 85.6 Å². The Balaban J connectivity index is 1.71. The molecule has 1 heterocycles. The van der Waals surface area contributed by atoms with Crippen molar-refractivity contribution < 1.29 is 4.79 Å². The predicted molar refractivity (Wildman–Crippen MR) is 55.9 cm³/mol. The first-order chi connectivity index (χ1) is 6.61. The summed E-state index contributed by atoms with van der Waals surface area (Å²) in [6.45, 7) is 7.16. The molecule has 80 valence electrons. The van der Waals surface area contributed by atoms with Gasteiger partial charge in [0.15, 0.2) is 0 Å². The second-order valence-corrected chi connectivity index (χ2v) is 5.24. The first-order valence-electron chi connectivity index (χ1n) is 5.59. The fraction of sp³-hybridized carbons (Fsp3) is 0.909. The topological polar surface area (TPSA) is 41.1 Å². The van der Waals surface area contributed by atoms with Crippen LogP contribution >= 0.6 is 0 Å². The van der Waals surface area contributed by atoms with Crippen LogP contribution in [0, 0.1) is 17.3 Å². The maximum absolute atomic E-state index is 11.7. The van der Waals surface area contributed by atoms with E-state index in [0.29, 0.717) is 11.3 Å². The Kier molecular flexibility index (Phi) is 2.52. The Bertz CT molecular complexity index is 231. The van der Waals surface area contributed by atoms with E-state index in [0.717, 1.165) is 19.6 Å². The standard InChI is InChI=1S/C11H20N2O/c1-8(9-5-12-6-9)10(14)13-7-11(2)3-4-11/h8-9,12H,3-7H2,1-2H3,(H,13,14). The third kappa shape index (κ3) is 2.08. The fourth-order valence-corrected chi connectivity index (χ4v) is 1.73. The number of hydrogen-bond donors (Lipinski definition) is 2. The van der Waals surface area contributed by atoms with Gasteiger partial charge in [-0.25, -0.2) is 0 Å². The lowest BCUT2D eigenvalue weighted by molar-refractivity contribution is -0.126. The minimum atomic E-state index is 0.179. The van der Waals surface area contributed by atoms with Crippen molar-refractivity contribution in [3.8, 4) is 0 Å². The summed E-state index contributed by atoms with van der Waals surface area (Å²) in [5.41, 5.74) is 0.424. The summed E-state index contributed by atoms with van der Waals surface area (Å²) in [7, 11) is 0. The normalized spacial score (nSPS) is 26.4. The van der Waals surface area contributed by atoms with Crippen LogP contribution in [-0.4, -0.2) is 25.5 Å². The summed E-state index contributed by atoms with van der Waals surface area (Å²) in [6, 6.07) is 0. The number of nitrogens with one attached hydrogen (secondary N) is 2. The predicted octanol–water partition coefficient (Wildman–Crippen LogP) is 0.758. The van der Waals surface area contributed by atoms with E-state index in [4.69, 9.17) is 0 Å². The van der Waals surface area contributed by atoms with Crippen LogP contribution < -0.4 is 10.6 Å². The zero-order valence-corrected chi connectivity index (χ0v) is 9.10. The van der Waals surface area contributed by atoms with E-state index in [2.05, 4.69) is 17.6 Å². The average Bonchev–Trinajstić information content (AvgIpc) is 2.77. The van der Waals surface area contributed by atoms with Crippen LogP contribution in [0.15, 0.2) is 0 Å². The smallest absolute Gasteiger partial charge is 0.223 e. The molecule has 0 aromatic rings. The van der Waals surface area contributed by atoms with E-state index in [1.165, 1.54) is 12.8 Å². The van der Waals surface area contributed by atoms with Gasteiger partial charge >= 0.3 is 0 Å². The fourth-order valence-electron chi connectivity index (χ4n) is 1.73. The third-order valence-corrected chi connectivity index (χ3v) is 3.73. The summed E-state index contributed by atoms with van der Waals surface area (Å²) in [5, 5.41) is 6.27. The summed E-state index contributed by atoms with van der Waals surface area (Å²) < 4.78 is 0. The summed E-state index contributed by atoms with van der Waals surface area (Å²) in [6.07, 6.45) is 2.54. The van der Waals surface area contributed by atoms with Crippen LogP contribution in [0.3, 0.4) is 0 Å². The van der Waals surface area contributed by atoms with Gasteiger partial charge in [0.25, 0.3) is 0 Å². The van der Waals surface area contributed by atoms with Gasteiger partial charge in [-0.15, -0.1) is 0 Å². The first-order valence-corrected chi connectivity index (χ1v) is 5.59. The summed E-state index contributed by atoms with van der Waals surface area (Å²) in [4.78, 5) is 11.7. The third-order valence-electron chi connectivity index (χ3n) is 3.73. The van der Waals surface area contributed by atoms with Gasteiger partial charge in [-0.3, -0.25) is 4.79 Å². The van der Waals surface area contributed by atoms with Crippen LogP contribution in [-0.2, 0) is 4.79 Å². The van der Waals surface area contributed by atoms with Gasteiger partial charge in [-0.05, 0) is 37.3 Å². The highest BCUT2D eigenvalue weighted by molar-refractivity contribution is 5.78. The second-order valence-electron chi connectivity index (χ2n) is 5.24. The highest BCUT2D eigenvalue weighted by Gasteiger charge is 2.38. The van der Waals surface area contributed by atoms with Crippen LogP contribution in [0.4, 0.5) is 0 Å². The molecule has 1 aliphatic carbocycles. The van der Waals surface area contributed by atoms with Gasteiger partial charge in [-0.1, -0.05) is 13.8 Å². The number of rotatable bonds is 4. The van der Waals surface area contributed by atoms with E-state index < -0.39 is 0 Å². The van der Waals surface area contributed by atoms with Crippen molar-refractivity contribution in [1.29, 1.82) is 0 Å². The molecular formula is C11H20N2O. The Hall–Kier alpha value is -0.570. The molecule has 0 radical (unpaired) electrons. The maximum atomic E-state index is 11.7. The molecule has 0 aromatic carbocycles. The van der Waals surface area contributed by atoms with Crippen molar-refractivity contribution in [2.45, 2.75) is 26.7 Å². The lowest BCUT2D eigenvalue weighted by Gasteiger charge is -2.32. The van der Waals surface area contributed by atoms with E-state index in [1.54, 1.807) is 0 Å². The number of hydrogen-bond acceptors (Lipinski definition) is 2. The molecule has 1 saturated heterocycles. The van der Waals surface area contributed by atoms with Gasteiger partial charge in [0, 0.05) is 12.5 Å². The monoisotopic (exact) mass is 196 g/mol. The largest absolute Gasteiger partial charge is 0.355 e. The molecule has 14 heavy (non-hydrogen) atoms. The molecule has 0 spiro atoms. The van der Waals surface area contributed by atoms with Crippen LogP contribution in [0.25, 0.3) is 0 Å². The quantitative estimate of drug-likeness (QED) is 0.697. The zero-order valence-electron chi connectivity index (χ0n) is 9.10.